The van der Waals surface area contributed by atoms with E-state index in [1.807, 2.05) is 46.8 Å². The molecule has 0 radical (unpaired) electrons. The summed E-state index contributed by atoms with van der Waals surface area (Å²) in [5.41, 5.74) is 0. The van der Waals surface area contributed by atoms with Gasteiger partial charge in [0.1, 0.15) is 12.5 Å². The molecule has 0 aromatic carbocycles. The van der Waals surface area contributed by atoms with Gasteiger partial charge in [0.15, 0.2) is 0 Å². The maximum Gasteiger partial charge on any atom is 0.119 e. The predicted octanol–water partition coefficient (Wildman–Crippen LogP) is 11.5. The summed E-state index contributed by atoms with van der Waals surface area (Å²) in [7, 11) is 0. The molecule has 2 rings (SSSR count). The highest BCUT2D eigenvalue weighted by molar-refractivity contribution is 5.01. The maximum atomic E-state index is 5.34. The van der Waals surface area contributed by atoms with Crippen LogP contribution < -0.4 is 0 Å². The lowest BCUT2D eigenvalue weighted by atomic mass is 10.1. The zero-order valence-electron chi connectivity index (χ0n) is 26.0. The van der Waals surface area contributed by atoms with Crippen LogP contribution in [0.3, 0.4) is 0 Å². The number of rotatable bonds is 25. The molecule has 0 bridgehead atoms. The standard InChI is InChI=1S/C18H33NO.C17H31NO/c1-2-3-4-5-6-7-8-9-10-11-12-13-16-19-17-14-15-18-20-19;1-2-3-4-5-6-7-8-9-10-11-12-15-18-16-13-14-17-19-18/h14-15,17-18H,2-13,16H2,1H3;13-14,16-17H,2-12,15H2,1H3. The molecule has 0 spiro atoms. The number of allylic oxidation sites excluding steroid dienone is 4. The fourth-order valence-electron chi connectivity index (χ4n) is 4.97. The van der Waals surface area contributed by atoms with E-state index in [1.165, 1.54) is 148 Å². The third-order valence-corrected chi connectivity index (χ3v) is 7.49. The van der Waals surface area contributed by atoms with Crippen LogP contribution in [-0.4, -0.2) is 23.2 Å². The summed E-state index contributed by atoms with van der Waals surface area (Å²) >= 11 is 0. The van der Waals surface area contributed by atoms with Crippen molar-refractivity contribution in [3.63, 3.8) is 0 Å². The summed E-state index contributed by atoms with van der Waals surface area (Å²) in [6.45, 7) is 6.58. The highest BCUT2D eigenvalue weighted by Crippen LogP contribution is 2.13. The molecular formula is C35H64N2O2. The van der Waals surface area contributed by atoms with E-state index in [1.54, 1.807) is 12.5 Å². The van der Waals surface area contributed by atoms with Crippen molar-refractivity contribution in [1.29, 1.82) is 0 Å². The SMILES string of the molecule is CCCCCCCCCCCCCCN1C=CC=CO1.CCCCCCCCCCCCCN1C=CC=CO1. The Bertz CT molecular complexity index is 614. The molecule has 0 fully saturated rings. The van der Waals surface area contributed by atoms with Crippen molar-refractivity contribution >= 4 is 0 Å². The highest BCUT2D eigenvalue weighted by Gasteiger charge is 2.01. The lowest BCUT2D eigenvalue weighted by Crippen LogP contribution is -2.17. The molecule has 2 aliphatic rings. The molecule has 4 nitrogen and oxygen atoms in total. The summed E-state index contributed by atoms with van der Waals surface area (Å²) in [5, 5.41) is 3.82. The molecule has 0 saturated carbocycles. The van der Waals surface area contributed by atoms with Crippen molar-refractivity contribution in [1.82, 2.24) is 10.1 Å². The molecule has 0 N–H and O–H groups in total. The molecule has 226 valence electrons. The second-order valence-corrected chi connectivity index (χ2v) is 11.3. The largest absolute Gasteiger partial charge is 0.388 e. The molecule has 0 saturated heterocycles. The molecule has 0 aliphatic carbocycles. The molecule has 4 heteroatoms. The first kappa shape index (κ1) is 35.2. The van der Waals surface area contributed by atoms with Crippen LogP contribution in [0.2, 0.25) is 0 Å². The molecule has 0 aromatic rings. The van der Waals surface area contributed by atoms with Crippen LogP contribution in [0.4, 0.5) is 0 Å². The number of nitrogens with zero attached hydrogens (tertiary/aromatic N) is 2. The zero-order valence-corrected chi connectivity index (χ0v) is 26.0. The lowest BCUT2D eigenvalue weighted by Gasteiger charge is -2.19. The van der Waals surface area contributed by atoms with Crippen molar-refractivity contribution in [2.45, 2.75) is 162 Å². The van der Waals surface area contributed by atoms with Crippen molar-refractivity contribution < 1.29 is 9.68 Å². The molecule has 0 atom stereocenters. The van der Waals surface area contributed by atoms with Crippen LogP contribution in [0.1, 0.15) is 162 Å². The van der Waals surface area contributed by atoms with Crippen LogP contribution in [0.15, 0.2) is 49.2 Å². The monoisotopic (exact) mass is 544 g/mol. The summed E-state index contributed by atoms with van der Waals surface area (Å²) in [5.74, 6) is 0. The lowest BCUT2D eigenvalue weighted by molar-refractivity contribution is -0.0604. The van der Waals surface area contributed by atoms with E-state index in [0.29, 0.717) is 0 Å². The molecule has 2 aliphatic heterocycles. The van der Waals surface area contributed by atoms with Crippen molar-refractivity contribution in [3.8, 4) is 0 Å². The van der Waals surface area contributed by atoms with Gasteiger partial charge in [-0.25, -0.2) is 10.1 Å². The Labute approximate surface area is 243 Å². The smallest absolute Gasteiger partial charge is 0.119 e. The van der Waals surface area contributed by atoms with Gasteiger partial charge in [-0.1, -0.05) is 149 Å². The minimum atomic E-state index is 1.01. The number of hydrogen-bond acceptors (Lipinski definition) is 4. The Hall–Kier alpha value is -1.84. The third-order valence-electron chi connectivity index (χ3n) is 7.49. The van der Waals surface area contributed by atoms with E-state index >= 15 is 0 Å². The quantitative estimate of drug-likeness (QED) is 0.107. The van der Waals surface area contributed by atoms with Gasteiger partial charge in [-0.2, -0.15) is 0 Å². The first-order valence-corrected chi connectivity index (χ1v) is 16.9. The second-order valence-electron chi connectivity index (χ2n) is 11.3. The topological polar surface area (TPSA) is 24.9 Å². The summed E-state index contributed by atoms with van der Waals surface area (Å²) in [6, 6.07) is 0. The Morgan fingerprint density at radius 2 is 0.641 bits per heavy atom. The van der Waals surface area contributed by atoms with E-state index < -0.39 is 0 Å². The van der Waals surface area contributed by atoms with Gasteiger partial charge in [0, 0.05) is 12.4 Å². The van der Waals surface area contributed by atoms with Gasteiger partial charge in [-0.3, -0.25) is 0 Å². The molecule has 39 heavy (non-hydrogen) atoms. The van der Waals surface area contributed by atoms with Gasteiger partial charge < -0.3 is 9.68 Å². The van der Waals surface area contributed by atoms with E-state index in [4.69, 9.17) is 9.68 Å². The van der Waals surface area contributed by atoms with Crippen molar-refractivity contribution in [2.75, 3.05) is 13.1 Å². The van der Waals surface area contributed by atoms with Gasteiger partial charge >= 0.3 is 0 Å². The van der Waals surface area contributed by atoms with Crippen LogP contribution >= 0.6 is 0 Å². The molecule has 0 amide bonds. The Kier molecular flexibility index (Phi) is 26.3. The van der Waals surface area contributed by atoms with Gasteiger partial charge in [0.25, 0.3) is 0 Å². The molecule has 0 aromatic heterocycles. The maximum absolute atomic E-state index is 5.34. The van der Waals surface area contributed by atoms with Crippen molar-refractivity contribution in [2.24, 2.45) is 0 Å². The summed E-state index contributed by atoms with van der Waals surface area (Å²) in [6.07, 6.45) is 47.4. The Morgan fingerprint density at radius 3 is 0.897 bits per heavy atom. The summed E-state index contributed by atoms with van der Waals surface area (Å²) in [4.78, 5) is 10.7. The van der Waals surface area contributed by atoms with Gasteiger partial charge in [0.05, 0.1) is 13.1 Å². The van der Waals surface area contributed by atoms with Crippen LogP contribution in [0, 0.1) is 0 Å². The van der Waals surface area contributed by atoms with Gasteiger partial charge in [-0.15, -0.1) is 0 Å². The van der Waals surface area contributed by atoms with Crippen LogP contribution in [0.5, 0.6) is 0 Å². The second kappa shape index (κ2) is 29.2. The Balaban J connectivity index is 0.000000391. The average molecular weight is 545 g/mol. The third kappa shape index (κ3) is 24.9. The highest BCUT2D eigenvalue weighted by atomic mass is 16.7. The number of unbranched alkanes of at least 4 members (excludes halogenated alkanes) is 21. The minimum Gasteiger partial charge on any atom is -0.388 e. The van der Waals surface area contributed by atoms with Crippen molar-refractivity contribution in [3.05, 3.63) is 49.2 Å². The fraction of sp³-hybridized carbons (Fsp3) is 0.771. The average Bonchev–Trinajstić information content (AvgIpc) is 2.98. The first-order chi connectivity index (χ1) is 19.4. The molecule has 0 unspecified atom stereocenters. The van der Waals surface area contributed by atoms with Gasteiger partial charge in [0.2, 0.25) is 0 Å². The van der Waals surface area contributed by atoms with E-state index in [9.17, 15) is 0 Å². The number of hydrogen-bond donors (Lipinski definition) is 0. The van der Waals surface area contributed by atoms with E-state index in [0.717, 1.165) is 13.1 Å². The van der Waals surface area contributed by atoms with E-state index in [2.05, 4.69) is 13.8 Å². The Morgan fingerprint density at radius 1 is 0.359 bits per heavy atom. The van der Waals surface area contributed by atoms with Crippen LogP contribution in [-0.2, 0) is 9.68 Å². The number of hydroxylamine groups is 4. The summed E-state index contributed by atoms with van der Waals surface area (Å²) < 4.78 is 0. The normalized spacial score (nSPS) is 13.8. The predicted molar refractivity (Wildman–Crippen MR) is 170 cm³/mol. The first-order valence-electron chi connectivity index (χ1n) is 16.9. The minimum absolute atomic E-state index is 1.01. The zero-order chi connectivity index (χ0) is 27.9. The fourth-order valence-corrected chi connectivity index (χ4v) is 4.97. The molecule has 2 heterocycles. The van der Waals surface area contributed by atoms with Crippen LogP contribution in [0.25, 0.3) is 0 Å². The van der Waals surface area contributed by atoms with Gasteiger partial charge in [-0.05, 0) is 37.1 Å². The molecular weight excluding hydrogens is 480 g/mol. The van der Waals surface area contributed by atoms with E-state index in [-0.39, 0.29) is 0 Å².